The van der Waals surface area contributed by atoms with Gasteiger partial charge < -0.3 is 10.4 Å². The van der Waals surface area contributed by atoms with Gasteiger partial charge >= 0.3 is 5.97 Å². The largest absolute Gasteiger partial charge is 0.481 e. The van der Waals surface area contributed by atoms with Gasteiger partial charge in [-0.25, -0.2) is 0 Å². The smallest absolute Gasteiger partial charge is 0.307 e. The fraction of sp³-hybridized carbons (Fsp3) is 0.214. The third-order valence-electron chi connectivity index (χ3n) is 3.02. The molecule has 20 heavy (non-hydrogen) atoms. The summed E-state index contributed by atoms with van der Waals surface area (Å²) in [4.78, 5) is 22.8. The number of amides is 1. The van der Waals surface area contributed by atoms with Crippen LogP contribution in [0.2, 0.25) is 0 Å². The molecule has 0 fully saturated rings. The van der Waals surface area contributed by atoms with Crippen LogP contribution in [0.15, 0.2) is 30.5 Å². The number of aryl methyl sites for hydroxylation is 1. The van der Waals surface area contributed by atoms with Gasteiger partial charge in [0.05, 0.1) is 18.2 Å². The second kappa shape index (κ2) is 5.56. The molecule has 6 heteroatoms. The molecule has 2 aromatic rings. The second-order valence-corrected chi connectivity index (χ2v) is 4.49. The van der Waals surface area contributed by atoms with Crippen molar-refractivity contribution in [3.05, 3.63) is 47.3 Å². The number of nitrogens with zero attached hydrogens (tertiary/aromatic N) is 2. The van der Waals surface area contributed by atoms with Gasteiger partial charge in [-0.2, -0.15) is 5.10 Å². The highest BCUT2D eigenvalue weighted by atomic mass is 16.4. The maximum absolute atomic E-state index is 12.1. The van der Waals surface area contributed by atoms with E-state index in [0.717, 1.165) is 5.69 Å². The molecule has 6 nitrogen and oxygen atoms in total. The van der Waals surface area contributed by atoms with E-state index in [1.807, 2.05) is 6.92 Å². The van der Waals surface area contributed by atoms with Crippen LogP contribution in [-0.4, -0.2) is 26.8 Å². The number of nitrogens with one attached hydrogen (secondary N) is 1. The van der Waals surface area contributed by atoms with Crippen molar-refractivity contribution in [1.29, 1.82) is 0 Å². The fourth-order valence-corrected chi connectivity index (χ4v) is 1.85. The van der Waals surface area contributed by atoms with Crippen LogP contribution in [0.1, 0.15) is 21.6 Å². The van der Waals surface area contributed by atoms with Crippen LogP contribution >= 0.6 is 0 Å². The molecule has 0 aliphatic heterocycles. The van der Waals surface area contributed by atoms with Crippen LogP contribution < -0.4 is 5.32 Å². The average Bonchev–Trinajstić information content (AvgIpc) is 2.69. The first kappa shape index (κ1) is 13.8. The number of benzene rings is 1. The Hall–Kier alpha value is -2.63. The van der Waals surface area contributed by atoms with Crippen LogP contribution in [0.3, 0.4) is 0 Å². The van der Waals surface area contributed by atoms with Crippen molar-refractivity contribution in [3.63, 3.8) is 0 Å². The molecule has 1 aromatic carbocycles. The Morgan fingerprint density at radius 3 is 2.75 bits per heavy atom. The lowest BCUT2D eigenvalue weighted by atomic mass is 10.1. The highest BCUT2D eigenvalue weighted by Gasteiger charge is 2.13. The predicted molar refractivity (Wildman–Crippen MR) is 73.7 cm³/mol. The van der Waals surface area contributed by atoms with E-state index in [1.54, 1.807) is 36.0 Å². The predicted octanol–water partition coefficient (Wildman–Crippen LogP) is 1.61. The zero-order valence-corrected chi connectivity index (χ0v) is 11.3. The third-order valence-corrected chi connectivity index (χ3v) is 3.02. The van der Waals surface area contributed by atoms with Gasteiger partial charge in [-0.3, -0.25) is 14.3 Å². The molecular weight excluding hydrogens is 258 g/mol. The molecule has 0 saturated heterocycles. The minimum absolute atomic E-state index is 0.0738. The van der Waals surface area contributed by atoms with Crippen LogP contribution in [-0.2, 0) is 18.3 Å². The van der Waals surface area contributed by atoms with Crippen molar-refractivity contribution in [2.75, 3.05) is 5.32 Å². The van der Waals surface area contributed by atoms with E-state index in [9.17, 15) is 9.59 Å². The van der Waals surface area contributed by atoms with Crippen LogP contribution in [0.4, 0.5) is 5.69 Å². The summed E-state index contributed by atoms with van der Waals surface area (Å²) < 4.78 is 1.62. The Bertz CT molecular complexity index is 661. The zero-order chi connectivity index (χ0) is 14.7. The maximum Gasteiger partial charge on any atom is 0.307 e. The number of hydrogen-bond donors (Lipinski definition) is 2. The lowest BCUT2D eigenvalue weighted by Gasteiger charge is -2.06. The number of anilines is 1. The molecule has 0 spiro atoms. The van der Waals surface area contributed by atoms with Gasteiger partial charge in [0.2, 0.25) is 0 Å². The molecule has 0 unspecified atom stereocenters. The summed E-state index contributed by atoms with van der Waals surface area (Å²) in [7, 11) is 1.76. The van der Waals surface area contributed by atoms with Crippen molar-refractivity contribution in [3.8, 4) is 0 Å². The van der Waals surface area contributed by atoms with Gasteiger partial charge in [-0.1, -0.05) is 12.1 Å². The molecule has 1 aromatic heterocycles. The summed E-state index contributed by atoms with van der Waals surface area (Å²) in [5.74, 6) is -1.17. The summed E-state index contributed by atoms with van der Waals surface area (Å²) >= 11 is 0. The fourth-order valence-electron chi connectivity index (χ4n) is 1.85. The molecule has 1 amide bonds. The van der Waals surface area contributed by atoms with E-state index in [2.05, 4.69) is 10.4 Å². The molecule has 0 bridgehead atoms. The SMILES string of the molecule is Cc1c(C(=O)Nc2cccc(CC(=O)O)c2)cnn1C. The highest BCUT2D eigenvalue weighted by Crippen LogP contribution is 2.14. The Morgan fingerprint density at radius 2 is 2.15 bits per heavy atom. The van der Waals surface area contributed by atoms with E-state index in [0.29, 0.717) is 16.8 Å². The lowest BCUT2D eigenvalue weighted by molar-refractivity contribution is -0.136. The van der Waals surface area contributed by atoms with E-state index in [-0.39, 0.29) is 12.3 Å². The molecule has 0 atom stereocenters. The van der Waals surface area contributed by atoms with Gasteiger partial charge in [-0.05, 0) is 24.6 Å². The number of carbonyl (C=O) groups excluding carboxylic acids is 1. The number of hydrogen-bond acceptors (Lipinski definition) is 3. The molecule has 2 rings (SSSR count). The van der Waals surface area contributed by atoms with Gasteiger partial charge in [0.25, 0.3) is 5.91 Å². The van der Waals surface area contributed by atoms with Gasteiger partial charge in [-0.15, -0.1) is 0 Å². The molecule has 2 N–H and O–H groups in total. The van der Waals surface area contributed by atoms with Crippen molar-refractivity contribution in [2.24, 2.45) is 7.05 Å². The quantitative estimate of drug-likeness (QED) is 0.886. The van der Waals surface area contributed by atoms with E-state index >= 15 is 0 Å². The number of rotatable bonds is 4. The van der Waals surface area contributed by atoms with Crippen LogP contribution in [0.5, 0.6) is 0 Å². The summed E-state index contributed by atoms with van der Waals surface area (Å²) in [6.45, 7) is 1.81. The molecular formula is C14H15N3O3. The molecule has 0 saturated carbocycles. The Kier molecular flexibility index (Phi) is 3.84. The molecule has 0 radical (unpaired) electrons. The number of carbonyl (C=O) groups is 2. The minimum Gasteiger partial charge on any atom is -0.481 e. The van der Waals surface area contributed by atoms with E-state index in [4.69, 9.17) is 5.11 Å². The Labute approximate surface area is 116 Å². The molecule has 1 heterocycles. The normalized spacial score (nSPS) is 10.3. The number of carboxylic acid groups (broad SMARTS) is 1. The monoisotopic (exact) mass is 273 g/mol. The standard InChI is InChI=1S/C14H15N3O3/c1-9-12(8-15-17(9)2)14(20)16-11-5-3-4-10(6-11)7-13(18)19/h3-6,8H,7H2,1-2H3,(H,16,20)(H,18,19). The van der Waals surface area contributed by atoms with Crippen molar-refractivity contribution in [2.45, 2.75) is 13.3 Å². The topological polar surface area (TPSA) is 84.2 Å². The van der Waals surface area contributed by atoms with Gasteiger partial charge in [0.1, 0.15) is 0 Å². The number of aliphatic carboxylic acids is 1. The van der Waals surface area contributed by atoms with Crippen molar-refractivity contribution < 1.29 is 14.7 Å². The first-order valence-corrected chi connectivity index (χ1v) is 6.08. The van der Waals surface area contributed by atoms with Gasteiger partial charge in [0.15, 0.2) is 0 Å². The number of aromatic nitrogens is 2. The lowest BCUT2D eigenvalue weighted by Crippen LogP contribution is -2.13. The van der Waals surface area contributed by atoms with E-state index in [1.165, 1.54) is 6.20 Å². The van der Waals surface area contributed by atoms with E-state index < -0.39 is 5.97 Å². The summed E-state index contributed by atoms with van der Waals surface area (Å²) in [5.41, 5.74) is 2.47. The number of carboxylic acids is 1. The van der Waals surface area contributed by atoms with Crippen molar-refractivity contribution >= 4 is 17.6 Å². The third kappa shape index (κ3) is 3.03. The summed E-state index contributed by atoms with van der Waals surface area (Å²) in [6, 6.07) is 6.79. The second-order valence-electron chi connectivity index (χ2n) is 4.49. The summed E-state index contributed by atoms with van der Waals surface area (Å²) in [6.07, 6.45) is 1.43. The average molecular weight is 273 g/mol. The molecule has 0 aliphatic carbocycles. The minimum atomic E-state index is -0.906. The van der Waals surface area contributed by atoms with Gasteiger partial charge in [0, 0.05) is 18.4 Å². The maximum atomic E-state index is 12.1. The first-order valence-electron chi connectivity index (χ1n) is 6.08. The molecule has 0 aliphatic rings. The van der Waals surface area contributed by atoms with Crippen LogP contribution in [0.25, 0.3) is 0 Å². The molecule has 104 valence electrons. The Morgan fingerprint density at radius 1 is 1.40 bits per heavy atom. The van der Waals surface area contributed by atoms with Crippen molar-refractivity contribution in [1.82, 2.24) is 9.78 Å². The zero-order valence-electron chi connectivity index (χ0n) is 11.3. The van der Waals surface area contributed by atoms with Crippen LogP contribution in [0, 0.1) is 6.92 Å². The first-order chi connectivity index (χ1) is 9.47. The summed E-state index contributed by atoms with van der Waals surface area (Å²) in [5, 5.41) is 15.5. The highest BCUT2D eigenvalue weighted by molar-refractivity contribution is 6.04. The Balaban J connectivity index is 2.15.